The number of hydrogen-bond donors (Lipinski definition) is 1. The molecule has 1 N–H and O–H groups in total. The fourth-order valence-corrected chi connectivity index (χ4v) is 2.68. The van der Waals surface area contributed by atoms with Gasteiger partial charge in [0.05, 0.1) is 5.69 Å². The van der Waals surface area contributed by atoms with E-state index < -0.39 is 0 Å². The number of anilines is 2. The Balaban J connectivity index is 1.82. The maximum absolute atomic E-state index is 6.00. The van der Waals surface area contributed by atoms with Crippen molar-refractivity contribution in [1.29, 1.82) is 0 Å². The highest BCUT2D eigenvalue weighted by molar-refractivity contribution is 7.14. The third-order valence-electron chi connectivity index (χ3n) is 2.77. The lowest BCUT2D eigenvalue weighted by Gasteiger charge is -2.01. The van der Waals surface area contributed by atoms with Crippen LogP contribution in [0.25, 0.3) is 11.3 Å². The minimum absolute atomic E-state index is 0.713. The van der Waals surface area contributed by atoms with E-state index in [-0.39, 0.29) is 0 Å². The molecule has 0 amide bonds. The molecule has 0 aliphatic rings. The first kappa shape index (κ1) is 13.1. The highest BCUT2D eigenvalue weighted by atomic mass is 35.5. The fourth-order valence-electron chi connectivity index (χ4n) is 1.76. The summed E-state index contributed by atoms with van der Waals surface area (Å²) in [7, 11) is 0. The van der Waals surface area contributed by atoms with Gasteiger partial charge >= 0.3 is 0 Å². The van der Waals surface area contributed by atoms with Crippen molar-refractivity contribution < 1.29 is 0 Å². The highest BCUT2D eigenvalue weighted by Crippen LogP contribution is 2.28. The molecule has 0 unspecified atom stereocenters. The van der Waals surface area contributed by atoms with Gasteiger partial charge in [0.15, 0.2) is 5.13 Å². The topological polar surface area (TPSA) is 37.8 Å². The SMILES string of the molecule is Cc1ccc(Nc2nc(-c3cccc(Cl)c3)cs2)nc1. The fraction of sp³-hybridized carbons (Fsp3) is 0.0667. The van der Waals surface area contributed by atoms with Crippen LogP contribution in [0.15, 0.2) is 48.0 Å². The Morgan fingerprint density at radius 2 is 2.10 bits per heavy atom. The Kier molecular flexibility index (Phi) is 3.67. The molecule has 3 nitrogen and oxygen atoms in total. The van der Waals surface area contributed by atoms with Crippen LogP contribution >= 0.6 is 22.9 Å². The lowest BCUT2D eigenvalue weighted by Crippen LogP contribution is -1.92. The molecule has 0 aliphatic carbocycles. The molecule has 5 heteroatoms. The molecule has 0 saturated carbocycles. The number of rotatable bonds is 3. The van der Waals surface area contributed by atoms with Gasteiger partial charge < -0.3 is 5.32 Å². The Morgan fingerprint density at radius 1 is 1.20 bits per heavy atom. The maximum Gasteiger partial charge on any atom is 0.188 e. The van der Waals surface area contributed by atoms with Gasteiger partial charge in [0.1, 0.15) is 5.82 Å². The van der Waals surface area contributed by atoms with E-state index in [0.29, 0.717) is 5.02 Å². The average Bonchev–Trinajstić information content (AvgIpc) is 2.90. The maximum atomic E-state index is 6.00. The van der Waals surface area contributed by atoms with E-state index in [2.05, 4.69) is 15.3 Å². The molecule has 0 atom stereocenters. The van der Waals surface area contributed by atoms with E-state index in [1.807, 2.05) is 54.9 Å². The van der Waals surface area contributed by atoms with Crippen LogP contribution in [0.4, 0.5) is 10.9 Å². The number of aromatic nitrogens is 2. The lowest BCUT2D eigenvalue weighted by molar-refractivity contribution is 1.25. The summed E-state index contributed by atoms with van der Waals surface area (Å²) in [5.74, 6) is 0.794. The van der Waals surface area contributed by atoms with Gasteiger partial charge in [-0.15, -0.1) is 11.3 Å². The summed E-state index contributed by atoms with van der Waals surface area (Å²) in [5.41, 5.74) is 3.06. The molecular formula is C15H12ClN3S. The number of nitrogens with one attached hydrogen (secondary N) is 1. The lowest BCUT2D eigenvalue weighted by atomic mass is 10.2. The van der Waals surface area contributed by atoms with Crippen LogP contribution in [0.3, 0.4) is 0 Å². The zero-order valence-corrected chi connectivity index (χ0v) is 12.4. The molecule has 20 heavy (non-hydrogen) atoms. The van der Waals surface area contributed by atoms with E-state index in [1.165, 1.54) is 0 Å². The monoisotopic (exact) mass is 301 g/mol. The van der Waals surface area contributed by atoms with Crippen molar-refractivity contribution in [3.05, 3.63) is 58.6 Å². The normalized spacial score (nSPS) is 10.5. The zero-order valence-electron chi connectivity index (χ0n) is 10.8. The first-order valence-electron chi connectivity index (χ1n) is 6.12. The number of hydrogen-bond acceptors (Lipinski definition) is 4. The van der Waals surface area contributed by atoms with Gasteiger partial charge in [-0.3, -0.25) is 0 Å². The van der Waals surface area contributed by atoms with Crippen molar-refractivity contribution in [3.8, 4) is 11.3 Å². The van der Waals surface area contributed by atoms with Gasteiger partial charge in [0.25, 0.3) is 0 Å². The molecule has 2 aromatic heterocycles. The quantitative estimate of drug-likeness (QED) is 0.747. The Hall–Kier alpha value is -1.91. The summed E-state index contributed by atoms with van der Waals surface area (Å²) in [6.45, 7) is 2.01. The third-order valence-corrected chi connectivity index (χ3v) is 3.76. The number of halogens is 1. The molecule has 0 radical (unpaired) electrons. The van der Waals surface area contributed by atoms with E-state index in [1.54, 1.807) is 11.3 Å². The Bertz CT molecular complexity index is 722. The second kappa shape index (κ2) is 5.61. The summed E-state index contributed by atoms with van der Waals surface area (Å²) in [6, 6.07) is 11.6. The smallest absolute Gasteiger partial charge is 0.188 e. The van der Waals surface area contributed by atoms with E-state index in [9.17, 15) is 0 Å². The van der Waals surface area contributed by atoms with Gasteiger partial charge in [-0.1, -0.05) is 29.8 Å². The molecule has 0 spiro atoms. The molecule has 0 fully saturated rings. The predicted molar refractivity (Wildman–Crippen MR) is 84.8 cm³/mol. The number of aryl methyl sites for hydroxylation is 1. The van der Waals surface area contributed by atoms with Crippen molar-refractivity contribution in [3.63, 3.8) is 0 Å². The van der Waals surface area contributed by atoms with Crippen LogP contribution in [0.1, 0.15) is 5.56 Å². The first-order chi connectivity index (χ1) is 9.70. The first-order valence-corrected chi connectivity index (χ1v) is 7.37. The summed E-state index contributed by atoms with van der Waals surface area (Å²) in [4.78, 5) is 8.85. The molecule has 1 aromatic carbocycles. The molecule has 3 aromatic rings. The molecular weight excluding hydrogens is 290 g/mol. The second-order valence-electron chi connectivity index (χ2n) is 4.39. The minimum Gasteiger partial charge on any atom is -0.316 e. The van der Waals surface area contributed by atoms with Crippen LogP contribution in [-0.2, 0) is 0 Å². The molecule has 100 valence electrons. The molecule has 0 bridgehead atoms. The summed E-state index contributed by atoms with van der Waals surface area (Å²) in [5, 5.41) is 6.73. The zero-order chi connectivity index (χ0) is 13.9. The van der Waals surface area contributed by atoms with Crippen LogP contribution < -0.4 is 5.32 Å². The van der Waals surface area contributed by atoms with E-state index in [0.717, 1.165) is 27.8 Å². The number of nitrogens with zero attached hydrogens (tertiary/aromatic N) is 2. The third kappa shape index (κ3) is 2.98. The van der Waals surface area contributed by atoms with Crippen molar-refractivity contribution in [2.24, 2.45) is 0 Å². The van der Waals surface area contributed by atoms with Crippen LogP contribution in [-0.4, -0.2) is 9.97 Å². The van der Waals surface area contributed by atoms with Gasteiger partial charge in [0, 0.05) is 22.2 Å². The highest BCUT2D eigenvalue weighted by Gasteiger charge is 2.05. The van der Waals surface area contributed by atoms with Gasteiger partial charge in [-0.25, -0.2) is 9.97 Å². The largest absolute Gasteiger partial charge is 0.316 e. The molecule has 0 aliphatic heterocycles. The number of benzene rings is 1. The van der Waals surface area contributed by atoms with E-state index >= 15 is 0 Å². The Morgan fingerprint density at radius 3 is 2.85 bits per heavy atom. The predicted octanol–water partition coefficient (Wildman–Crippen LogP) is 4.91. The summed E-state index contributed by atoms with van der Waals surface area (Å²) < 4.78 is 0. The molecule has 2 heterocycles. The average molecular weight is 302 g/mol. The van der Waals surface area contributed by atoms with Gasteiger partial charge in [-0.2, -0.15) is 0 Å². The number of pyridine rings is 1. The van der Waals surface area contributed by atoms with E-state index in [4.69, 9.17) is 11.6 Å². The van der Waals surface area contributed by atoms with Gasteiger partial charge in [0.2, 0.25) is 0 Å². The van der Waals surface area contributed by atoms with Crippen LogP contribution in [0.2, 0.25) is 5.02 Å². The van der Waals surface area contributed by atoms with Crippen molar-refractivity contribution in [1.82, 2.24) is 9.97 Å². The standard InChI is InChI=1S/C15H12ClN3S/c1-10-5-6-14(17-8-10)19-15-18-13(9-20-15)11-3-2-4-12(16)7-11/h2-9H,1H3,(H,17,18,19). The molecule has 0 saturated heterocycles. The summed E-state index contributed by atoms with van der Waals surface area (Å²) in [6.07, 6.45) is 1.83. The molecule has 3 rings (SSSR count). The van der Waals surface area contributed by atoms with Gasteiger partial charge in [-0.05, 0) is 30.7 Å². The van der Waals surface area contributed by atoms with Crippen molar-refractivity contribution in [2.45, 2.75) is 6.92 Å². The summed E-state index contributed by atoms with van der Waals surface area (Å²) >= 11 is 7.54. The number of thiazole rings is 1. The minimum atomic E-state index is 0.713. The second-order valence-corrected chi connectivity index (χ2v) is 5.69. The van der Waals surface area contributed by atoms with Crippen molar-refractivity contribution in [2.75, 3.05) is 5.32 Å². The van der Waals surface area contributed by atoms with Crippen LogP contribution in [0, 0.1) is 6.92 Å². The van der Waals surface area contributed by atoms with Crippen molar-refractivity contribution >= 4 is 33.9 Å². The van der Waals surface area contributed by atoms with Crippen LogP contribution in [0.5, 0.6) is 0 Å². The Labute approximate surface area is 126 Å².